The van der Waals surface area contributed by atoms with E-state index in [4.69, 9.17) is 5.73 Å². The molecule has 0 bridgehead atoms. The Morgan fingerprint density at radius 3 is 2.65 bits per heavy atom. The molecule has 20 heavy (non-hydrogen) atoms. The fourth-order valence-electron chi connectivity index (χ4n) is 1.99. The third kappa shape index (κ3) is 5.03. The molecule has 1 aromatic rings. The minimum atomic E-state index is -0.527. The summed E-state index contributed by atoms with van der Waals surface area (Å²) in [6.45, 7) is 7.35. The summed E-state index contributed by atoms with van der Waals surface area (Å²) in [5, 5.41) is 13.9. The van der Waals surface area contributed by atoms with Gasteiger partial charge in [0.2, 0.25) is 5.82 Å². The van der Waals surface area contributed by atoms with Crippen LogP contribution >= 0.6 is 0 Å². The molecule has 6 heteroatoms. The van der Waals surface area contributed by atoms with Crippen molar-refractivity contribution in [3.05, 3.63) is 22.2 Å². The third-order valence-electron chi connectivity index (χ3n) is 3.30. The van der Waals surface area contributed by atoms with E-state index in [1.54, 1.807) is 6.07 Å². The molecule has 0 aliphatic carbocycles. The summed E-state index contributed by atoms with van der Waals surface area (Å²) >= 11 is 0. The molecule has 0 spiro atoms. The van der Waals surface area contributed by atoms with Crippen LogP contribution in [0.25, 0.3) is 0 Å². The number of hydrogen-bond acceptors (Lipinski definition) is 5. The van der Waals surface area contributed by atoms with E-state index in [1.807, 2.05) is 0 Å². The number of nitrogens with zero attached hydrogens (tertiary/aromatic N) is 2. The maximum atomic E-state index is 10.7. The van der Waals surface area contributed by atoms with Crippen molar-refractivity contribution in [1.29, 1.82) is 0 Å². The van der Waals surface area contributed by atoms with E-state index in [-0.39, 0.29) is 16.9 Å². The monoisotopic (exact) mass is 280 g/mol. The van der Waals surface area contributed by atoms with Crippen LogP contribution in [0.2, 0.25) is 0 Å². The van der Waals surface area contributed by atoms with Crippen LogP contribution in [0.4, 0.5) is 17.3 Å². The molecule has 0 unspecified atom stereocenters. The Bertz CT molecular complexity index is 460. The maximum absolute atomic E-state index is 10.7. The van der Waals surface area contributed by atoms with Crippen LogP contribution in [0.1, 0.15) is 46.5 Å². The highest BCUT2D eigenvalue weighted by Crippen LogP contribution is 2.25. The standard InChI is InChI=1S/C14H24N4O2/c1-4-5-6-9-14(2,3)10-16-12-8-7-11(18(19)20)13(15)17-12/h7-8H,4-6,9-10H2,1-3H3,(H3,15,16,17). The lowest BCUT2D eigenvalue weighted by Gasteiger charge is -2.25. The van der Waals surface area contributed by atoms with Crippen LogP contribution in [-0.4, -0.2) is 16.5 Å². The lowest BCUT2D eigenvalue weighted by atomic mass is 9.87. The minimum absolute atomic E-state index is 0.0520. The fourth-order valence-corrected chi connectivity index (χ4v) is 1.99. The van der Waals surface area contributed by atoms with Crippen molar-refractivity contribution in [1.82, 2.24) is 4.98 Å². The number of rotatable bonds is 8. The Labute approximate surface area is 119 Å². The van der Waals surface area contributed by atoms with Crippen molar-refractivity contribution in [2.45, 2.75) is 46.5 Å². The molecular formula is C14H24N4O2. The number of nitrogens with two attached hydrogens (primary N) is 1. The van der Waals surface area contributed by atoms with Gasteiger partial charge in [0.1, 0.15) is 5.82 Å². The van der Waals surface area contributed by atoms with E-state index in [1.165, 1.54) is 25.3 Å². The van der Waals surface area contributed by atoms with Gasteiger partial charge in [-0.15, -0.1) is 0 Å². The molecule has 0 radical (unpaired) electrons. The Kier molecular flexibility index (Phi) is 5.73. The summed E-state index contributed by atoms with van der Waals surface area (Å²) in [6.07, 6.45) is 4.80. The van der Waals surface area contributed by atoms with Gasteiger partial charge in [-0.2, -0.15) is 0 Å². The second-order valence-corrected chi connectivity index (χ2v) is 5.83. The molecule has 1 aromatic heterocycles. The Morgan fingerprint density at radius 1 is 1.40 bits per heavy atom. The Balaban J connectivity index is 2.57. The minimum Gasteiger partial charge on any atom is -0.378 e. The van der Waals surface area contributed by atoms with Gasteiger partial charge in [0.25, 0.3) is 0 Å². The molecule has 0 aromatic carbocycles. The van der Waals surface area contributed by atoms with Crippen molar-refractivity contribution in [2.24, 2.45) is 5.41 Å². The van der Waals surface area contributed by atoms with E-state index in [0.29, 0.717) is 5.82 Å². The Morgan fingerprint density at radius 2 is 2.10 bits per heavy atom. The van der Waals surface area contributed by atoms with E-state index in [9.17, 15) is 10.1 Å². The second-order valence-electron chi connectivity index (χ2n) is 5.83. The van der Waals surface area contributed by atoms with Crippen LogP contribution in [0, 0.1) is 15.5 Å². The van der Waals surface area contributed by atoms with Crippen LogP contribution < -0.4 is 11.1 Å². The number of nitro groups is 1. The van der Waals surface area contributed by atoms with Crippen LogP contribution in [-0.2, 0) is 0 Å². The third-order valence-corrected chi connectivity index (χ3v) is 3.30. The average molecular weight is 280 g/mol. The zero-order valence-corrected chi connectivity index (χ0v) is 12.5. The zero-order chi connectivity index (χ0) is 15.2. The molecule has 0 atom stereocenters. The molecule has 6 nitrogen and oxygen atoms in total. The number of aromatic nitrogens is 1. The number of unbranched alkanes of at least 4 members (excludes halogenated alkanes) is 2. The molecule has 0 saturated carbocycles. The quantitative estimate of drug-likeness (QED) is 0.431. The lowest BCUT2D eigenvalue weighted by molar-refractivity contribution is -0.384. The summed E-state index contributed by atoms with van der Waals surface area (Å²) in [5.74, 6) is 0.528. The maximum Gasteiger partial charge on any atom is 0.311 e. The first kappa shape index (κ1) is 16.2. The van der Waals surface area contributed by atoms with Crippen molar-refractivity contribution in [3.63, 3.8) is 0 Å². The van der Waals surface area contributed by atoms with Gasteiger partial charge in [0.05, 0.1) is 4.92 Å². The number of hydrogen-bond donors (Lipinski definition) is 2. The van der Waals surface area contributed by atoms with E-state index >= 15 is 0 Å². The van der Waals surface area contributed by atoms with Gasteiger partial charge in [-0.1, -0.05) is 40.0 Å². The summed E-state index contributed by atoms with van der Waals surface area (Å²) in [7, 11) is 0. The number of anilines is 2. The van der Waals surface area contributed by atoms with Crippen molar-refractivity contribution < 1.29 is 4.92 Å². The molecule has 0 aliphatic heterocycles. The second kappa shape index (κ2) is 7.07. The van der Waals surface area contributed by atoms with Gasteiger partial charge >= 0.3 is 5.69 Å². The van der Waals surface area contributed by atoms with Crippen LogP contribution in [0.15, 0.2) is 12.1 Å². The molecule has 1 rings (SSSR count). The van der Waals surface area contributed by atoms with Gasteiger partial charge in [0.15, 0.2) is 0 Å². The summed E-state index contributed by atoms with van der Waals surface area (Å²) < 4.78 is 0. The highest BCUT2D eigenvalue weighted by Gasteiger charge is 2.18. The number of nitrogen functional groups attached to an aromatic ring is 1. The Hall–Kier alpha value is -1.85. The number of nitrogens with one attached hydrogen (secondary N) is 1. The van der Waals surface area contributed by atoms with E-state index in [0.717, 1.165) is 13.0 Å². The first-order valence-electron chi connectivity index (χ1n) is 7.00. The normalized spacial score (nSPS) is 11.3. The van der Waals surface area contributed by atoms with Gasteiger partial charge in [0, 0.05) is 12.6 Å². The first-order chi connectivity index (χ1) is 9.35. The van der Waals surface area contributed by atoms with Crippen molar-refractivity contribution >= 4 is 17.3 Å². The predicted molar refractivity (Wildman–Crippen MR) is 81.7 cm³/mol. The molecule has 1 heterocycles. The molecule has 0 amide bonds. The fraction of sp³-hybridized carbons (Fsp3) is 0.643. The molecule has 3 N–H and O–H groups in total. The highest BCUT2D eigenvalue weighted by molar-refractivity contribution is 5.57. The van der Waals surface area contributed by atoms with Crippen molar-refractivity contribution in [3.8, 4) is 0 Å². The van der Waals surface area contributed by atoms with Crippen LogP contribution in [0.5, 0.6) is 0 Å². The predicted octanol–water partition coefficient (Wildman–Crippen LogP) is 3.59. The first-order valence-corrected chi connectivity index (χ1v) is 7.00. The zero-order valence-electron chi connectivity index (χ0n) is 12.5. The van der Waals surface area contributed by atoms with E-state index < -0.39 is 4.92 Å². The van der Waals surface area contributed by atoms with Gasteiger partial charge < -0.3 is 11.1 Å². The van der Waals surface area contributed by atoms with Gasteiger partial charge in [-0.25, -0.2) is 4.98 Å². The average Bonchev–Trinajstić information content (AvgIpc) is 2.36. The summed E-state index contributed by atoms with van der Waals surface area (Å²) in [5.41, 5.74) is 5.57. The summed E-state index contributed by atoms with van der Waals surface area (Å²) in [6, 6.07) is 2.98. The van der Waals surface area contributed by atoms with Gasteiger partial charge in [-0.05, 0) is 17.9 Å². The number of pyridine rings is 1. The molecule has 0 fully saturated rings. The smallest absolute Gasteiger partial charge is 0.311 e. The molecule has 0 saturated heterocycles. The van der Waals surface area contributed by atoms with Gasteiger partial charge in [-0.3, -0.25) is 10.1 Å². The summed E-state index contributed by atoms with van der Waals surface area (Å²) in [4.78, 5) is 14.2. The largest absolute Gasteiger partial charge is 0.378 e. The molecular weight excluding hydrogens is 256 g/mol. The highest BCUT2D eigenvalue weighted by atomic mass is 16.6. The lowest BCUT2D eigenvalue weighted by Crippen LogP contribution is -2.23. The molecule has 0 aliphatic rings. The molecule has 112 valence electrons. The topological polar surface area (TPSA) is 94.1 Å². The SMILES string of the molecule is CCCCCC(C)(C)CNc1ccc([N+](=O)[O-])c(N)n1. The van der Waals surface area contributed by atoms with Crippen LogP contribution in [0.3, 0.4) is 0 Å². The van der Waals surface area contributed by atoms with E-state index in [2.05, 4.69) is 31.1 Å². The van der Waals surface area contributed by atoms with Crippen molar-refractivity contribution in [2.75, 3.05) is 17.6 Å².